The largest absolute Gasteiger partial charge is 0.299 e. The van der Waals surface area contributed by atoms with Crippen molar-refractivity contribution in [3.8, 4) is 0 Å². The normalized spacial score (nSPS) is 32.2. The van der Waals surface area contributed by atoms with E-state index in [9.17, 15) is 4.79 Å². The highest BCUT2D eigenvalue weighted by molar-refractivity contribution is 5.84. The van der Waals surface area contributed by atoms with Crippen molar-refractivity contribution in [1.29, 1.82) is 0 Å². The summed E-state index contributed by atoms with van der Waals surface area (Å²) in [6.07, 6.45) is 3.44. The quantitative estimate of drug-likeness (QED) is 0.543. The van der Waals surface area contributed by atoms with Crippen LogP contribution in [0.1, 0.15) is 47.0 Å². The van der Waals surface area contributed by atoms with Gasteiger partial charge in [0, 0.05) is 11.8 Å². The maximum Gasteiger partial charge on any atom is 0.139 e. The number of ketones is 1. The second kappa shape index (κ2) is 3.20. The molecule has 1 rings (SSSR count). The lowest BCUT2D eigenvalue weighted by molar-refractivity contribution is -0.132. The molecule has 1 saturated carbocycles. The number of Topliss-reactive ketones (excluding diaryl/α,β-unsaturated/α-hetero) is 1. The van der Waals surface area contributed by atoms with E-state index in [1.807, 2.05) is 0 Å². The maximum atomic E-state index is 11.8. The Balaban J connectivity index is 2.71. The molecular formula is C11H20O. The number of carbonyl (C=O) groups is 1. The number of hydrogen-bond donors (Lipinski definition) is 0. The van der Waals surface area contributed by atoms with E-state index in [0.717, 1.165) is 12.8 Å². The highest BCUT2D eigenvalue weighted by atomic mass is 16.1. The van der Waals surface area contributed by atoms with Gasteiger partial charge in [0.15, 0.2) is 0 Å². The Bertz CT molecular complexity index is 176. The van der Waals surface area contributed by atoms with Gasteiger partial charge in [-0.25, -0.2) is 0 Å². The molecule has 2 unspecified atom stereocenters. The van der Waals surface area contributed by atoms with Crippen molar-refractivity contribution in [2.24, 2.45) is 17.3 Å². The van der Waals surface area contributed by atoms with E-state index in [2.05, 4.69) is 27.7 Å². The lowest BCUT2D eigenvalue weighted by Crippen LogP contribution is -2.35. The van der Waals surface area contributed by atoms with Crippen molar-refractivity contribution in [3.05, 3.63) is 0 Å². The van der Waals surface area contributed by atoms with Crippen molar-refractivity contribution in [1.82, 2.24) is 0 Å². The summed E-state index contributed by atoms with van der Waals surface area (Å²) in [5.74, 6) is 1.11. The molecule has 0 amide bonds. The summed E-state index contributed by atoms with van der Waals surface area (Å²) in [5, 5.41) is 0. The topological polar surface area (TPSA) is 17.1 Å². The Labute approximate surface area is 75.5 Å². The molecule has 1 aliphatic rings. The first-order valence-electron chi connectivity index (χ1n) is 4.96. The van der Waals surface area contributed by atoms with Gasteiger partial charge in [-0.2, -0.15) is 0 Å². The molecule has 0 aromatic rings. The minimum absolute atomic E-state index is 0.172. The third kappa shape index (κ3) is 1.88. The molecule has 0 saturated heterocycles. The Morgan fingerprint density at radius 3 is 2.25 bits per heavy atom. The molecule has 0 aliphatic heterocycles. The van der Waals surface area contributed by atoms with E-state index >= 15 is 0 Å². The molecule has 0 aromatic carbocycles. The standard InChI is InChI=1S/C11H20O/c1-8-6-5-7-9(10(8)12)11(2,3)4/h8-9H,5-7H2,1-4H3. The molecule has 0 heterocycles. The van der Waals surface area contributed by atoms with Crippen molar-refractivity contribution in [2.75, 3.05) is 0 Å². The molecule has 1 nitrogen and oxygen atoms in total. The average molecular weight is 168 g/mol. The lowest BCUT2D eigenvalue weighted by atomic mass is 9.69. The fourth-order valence-electron chi connectivity index (χ4n) is 2.12. The average Bonchev–Trinajstić information content (AvgIpc) is 1.92. The molecule has 12 heavy (non-hydrogen) atoms. The van der Waals surface area contributed by atoms with Gasteiger partial charge in [-0.05, 0) is 18.3 Å². The molecule has 0 radical (unpaired) electrons. The number of hydrogen-bond acceptors (Lipinski definition) is 1. The van der Waals surface area contributed by atoms with Gasteiger partial charge < -0.3 is 0 Å². The molecule has 70 valence electrons. The molecule has 1 heteroatoms. The van der Waals surface area contributed by atoms with Crippen LogP contribution in [-0.4, -0.2) is 5.78 Å². The third-order valence-electron chi connectivity index (χ3n) is 3.00. The van der Waals surface area contributed by atoms with Crippen LogP contribution in [0.25, 0.3) is 0 Å². The first-order chi connectivity index (χ1) is 5.43. The first kappa shape index (κ1) is 9.76. The zero-order valence-corrected chi connectivity index (χ0v) is 8.68. The van der Waals surface area contributed by atoms with E-state index in [4.69, 9.17) is 0 Å². The summed E-state index contributed by atoms with van der Waals surface area (Å²) in [7, 11) is 0. The zero-order valence-electron chi connectivity index (χ0n) is 8.68. The Hall–Kier alpha value is -0.330. The predicted octanol–water partition coefficient (Wildman–Crippen LogP) is 3.04. The summed E-state index contributed by atoms with van der Waals surface area (Å²) in [4.78, 5) is 11.8. The molecule has 1 fully saturated rings. The summed E-state index contributed by atoms with van der Waals surface area (Å²) >= 11 is 0. The Morgan fingerprint density at radius 1 is 1.25 bits per heavy atom. The zero-order chi connectivity index (χ0) is 9.35. The lowest BCUT2D eigenvalue weighted by Gasteiger charge is -2.35. The van der Waals surface area contributed by atoms with Crippen LogP contribution >= 0.6 is 0 Å². The van der Waals surface area contributed by atoms with Crippen molar-refractivity contribution in [2.45, 2.75) is 47.0 Å². The summed E-state index contributed by atoms with van der Waals surface area (Å²) in [5.41, 5.74) is 0.172. The highest BCUT2D eigenvalue weighted by Gasteiger charge is 2.35. The van der Waals surface area contributed by atoms with Crippen LogP contribution in [0.2, 0.25) is 0 Å². The second-order valence-corrected chi connectivity index (χ2v) is 5.15. The summed E-state index contributed by atoms with van der Waals surface area (Å²) in [6.45, 7) is 8.59. The molecular weight excluding hydrogens is 148 g/mol. The number of rotatable bonds is 0. The van der Waals surface area contributed by atoms with Gasteiger partial charge in [0.25, 0.3) is 0 Å². The van der Waals surface area contributed by atoms with Crippen LogP contribution < -0.4 is 0 Å². The fourth-order valence-corrected chi connectivity index (χ4v) is 2.12. The van der Waals surface area contributed by atoms with Gasteiger partial charge in [-0.3, -0.25) is 4.79 Å². The fraction of sp³-hybridized carbons (Fsp3) is 0.909. The Kier molecular flexibility index (Phi) is 2.60. The van der Waals surface area contributed by atoms with Gasteiger partial charge in [-0.15, -0.1) is 0 Å². The van der Waals surface area contributed by atoms with Crippen LogP contribution in [0.3, 0.4) is 0 Å². The summed E-state index contributed by atoms with van der Waals surface area (Å²) in [6, 6.07) is 0. The number of carbonyl (C=O) groups excluding carboxylic acids is 1. The van der Waals surface area contributed by atoms with Crippen LogP contribution in [0.15, 0.2) is 0 Å². The van der Waals surface area contributed by atoms with E-state index in [0.29, 0.717) is 17.6 Å². The molecule has 2 atom stereocenters. The van der Waals surface area contributed by atoms with Crippen LogP contribution in [0.4, 0.5) is 0 Å². The van der Waals surface area contributed by atoms with Crippen molar-refractivity contribution >= 4 is 5.78 Å². The highest BCUT2D eigenvalue weighted by Crippen LogP contribution is 2.37. The van der Waals surface area contributed by atoms with E-state index in [1.54, 1.807) is 0 Å². The molecule has 0 aromatic heterocycles. The molecule has 0 spiro atoms. The second-order valence-electron chi connectivity index (χ2n) is 5.15. The molecule has 0 N–H and O–H groups in total. The van der Waals surface area contributed by atoms with Gasteiger partial charge in [0.2, 0.25) is 0 Å². The maximum absolute atomic E-state index is 11.8. The summed E-state index contributed by atoms with van der Waals surface area (Å²) < 4.78 is 0. The van der Waals surface area contributed by atoms with Gasteiger partial charge in [-0.1, -0.05) is 34.1 Å². The monoisotopic (exact) mass is 168 g/mol. The van der Waals surface area contributed by atoms with Gasteiger partial charge >= 0.3 is 0 Å². The van der Waals surface area contributed by atoms with Crippen LogP contribution in [0, 0.1) is 17.3 Å². The molecule has 0 bridgehead atoms. The minimum atomic E-state index is 0.172. The van der Waals surface area contributed by atoms with E-state index in [1.165, 1.54) is 6.42 Å². The van der Waals surface area contributed by atoms with Crippen molar-refractivity contribution < 1.29 is 4.79 Å². The van der Waals surface area contributed by atoms with Gasteiger partial charge in [0.05, 0.1) is 0 Å². The predicted molar refractivity (Wildman–Crippen MR) is 51.0 cm³/mol. The van der Waals surface area contributed by atoms with Crippen LogP contribution in [-0.2, 0) is 4.79 Å². The molecule has 1 aliphatic carbocycles. The first-order valence-corrected chi connectivity index (χ1v) is 4.96. The van der Waals surface area contributed by atoms with Crippen LogP contribution in [0.5, 0.6) is 0 Å². The van der Waals surface area contributed by atoms with Crippen molar-refractivity contribution in [3.63, 3.8) is 0 Å². The smallest absolute Gasteiger partial charge is 0.139 e. The Morgan fingerprint density at radius 2 is 1.83 bits per heavy atom. The van der Waals surface area contributed by atoms with E-state index in [-0.39, 0.29) is 5.41 Å². The SMILES string of the molecule is CC1CCCC(C(C)(C)C)C1=O. The third-order valence-corrected chi connectivity index (χ3v) is 3.00. The van der Waals surface area contributed by atoms with Gasteiger partial charge in [0.1, 0.15) is 5.78 Å². The minimum Gasteiger partial charge on any atom is -0.299 e. The van der Waals surface area contributed by atoms with E-state index < -0.39 is 0 Å².